The van der Waals surface area contributed by atoms with E-state index < -0.39 is 17.3 Å². The maximum Gasteiger partial charge on any atom is 0.235 e. The number of aliphatic carboxylic acids is 1. The van der Waals surface area contributed by atoms with Crippen molar-refractivity contribution in [3.63, 3.8) is 0 Å². The number of carbonyl (C=O) groups is 2. The number of Topliss-reactive ketones (excluding diaryl/α,β-unsaturated/α-hetero) is 1. The molecule has 25 heavy (non-hydrogen) atoms. The number of hydrogen-bond donors (Lipinski definition) is 1. The molecule has 0 aromatic heterocycles. The lowest BCUT2D eigenvalue weighted by Crippen LogP contribution is -2.28. The molecule has 0 unspecified atom stereocenters. The first-order valence-electron chi connectivity index (χ1n) is 7.12. The largest absolute Gasteiger partial charge is 0.544 e. The van der Waals surface area contributed by atoms with Crippen LogP contribution in [0.2, 0.25) is 10.0 Å². The van der Waals surface area contributed by atoms with Gasteiger partial charge in [0.25, 0.3) is 0 Å². The van der Waals surface area contributed by atoms with E-state index in [4.69, 9.17) is 27.9 Å². The Labute approximate surface area is 153 Å². The molecule has 1 aliphatic heterocycles. The predicted octanol–water partition coefficient (Wildman–Crippen LogP) is 3.01. The first-order chi connectivity index (χ1) is 12.0. The van der Waals surface area contributed by atoms with Gasteiger partial charge >= 0.3 is 0 Å². The molecule has 126 valence electrons. The summed E-state index contributed by atoms with van der Waals surface area (Å²) in [6.07, 6.45) is 1.35. The summed E-state index contributed by atoms with van der Waals surface area (Å²) in [6, 6.07) is 13.4. The zero-order valence-electron chi connectivity index (χ0n) is 12.6. The van der Waals surface area contributed by atoms with Crippen molar-refractivity contribution < 1.29 is 19.4 Å². The maximum atomic E-state index is 12.3. The minimum atomic E-state index is -1.63. The fraction of sp³-hybridized carbons (Fsp3) is 0. The van der Waals surface area contributed by atoms with Gasteiger partial charge in [0, 0.05) is 15.7 Å². The van der Waals surface area contributed by atoms with Gasteiger partial charge in [-0.15, -0.1) is 0 Å². The molecule has 0 saturated heterocycles. The molecule has 2 aromatic carbocycles. The number of allylic oxidation sites excluding steroid dienone is 1. The van der Waals surface area contributed by atoms with E-state index in [1.807, 2.05) is 0 Å². The van der Waals surface area contributed by atoms with Gasteiger partial charge in [0.1, 0.15) is 5.57 Å². The van der Waals surface area contributed by atoms with Gasteiger partial charge < -0.3 is 20.0 Å². The zero-order chi connectivity index (χ0) is 18.0. The molecule has 1 heterocycles. The summed E-state index contributed by atoms with van der Waals surface area (Å²) in [7, 11) is 0. The number of halogens is 2. The van der Waals surface area contributed by atoms with Crippen molar-refractivity contribution in [1.29, 1.82) is 0 Å². The van der Waals surface area contributed by atoms with Crippen molar-refractivity contribution in [2.75, 3.05) is 5.32 Å². The van der Waals surface area contributed by atoms with E-state index in [0.29, 0.717) is 21.3 Å². The fourth-order valence-electron chi connectivity index (χ4n) is 2.21. The van der Waals surface area contributed by atoms with E-state index in [1.54, 1.807) is 42.5 Å². The van der Waals surface area contributed by atoms with Crippen molar-refractivity contribution >= 4 is 46.7 Å². The van der Waals surface area contributed by atoms with Gasteiger partial charge in [-0.3, -0.25) is 4.79 Å². The van der Waals surface area contributed by atoms with Crippen LogP contribution in [0.25, 0.3) is 6.08 Å². The minimum absolute atomic E-state index is 0.179. The molecule has 3 rings (SSSR count). The number of carboxylic acid groups (broad SMARTS) is 1. The SMILES string of the molecule is O=C([O-])C1=C(Nc2ccccc2)O/C(=C\c2ccc(Cl)cc2Cl)C1=O. The van der Waals surface area contributed by atoms with Gasteiger partial charge in [0.05, 0.1) is 5.97 Å². The number of para-hydroxylation sites is 1. The highest BCUT2D eigenvalue weighted by Crippen LogP contribution is 2.30. The molecule has 0 amide bonds. The number of ketones is 1. The number of hydrogen-bond acceptors (Lipinski definition) is 5. The van der Waals surface area contributed by atoms with Crippen molar-refractivity contribution in [2.24, 2.45) is 0 Å². The highest BCUT2D eigenvalue weighted by atomic mass is 35.5. The van der Waals surface area contributed by atoms with E-state index in [2.05, 4.69) is 5.32 Å². The molecule has 5 nitrogen and oxygen atoms in total. The third-order valence-corrected chi connectivity index (χ3v) is 3.94. The highest BCUT2D eigenvalue weighted by Gasteiger charge is 2.32. The Kier molecular flexibility index (Phi) is 4.79. The Morgan fingerprint density at radius 3 is 2.48 bits per heavy atom. The second-order valence-corrected chi connectivity index (χ2v) is 5.93. The van der Waals surface area contributed by atoms with Gasteiger partial charge in [0.15, 0.2) is 5.76 Å². The lowest BCUT2D eigenvalue weighted by molar-refractivity contribution is -0.298. The van der Waals surface area contributed by atoms with Gasteiger partial charge in [0.2, 0.25) is 11.7 Å². The van der Waals surface area contributed by atoms with Crippen LogP contribution in [0.15, 0.2) is 65.7 Å². The molecule has 0 atom stereocenters. The Morgan fingerprint density at radius 2 is 1.84 bits per heavy atom. The molecule has 1 N–H and O–H groups in total. The third-order valence-electron chi connectivity index (χ3n) is 3.37. The monoisotopic (exact) mass is 374 g/mol. The van der Waals surface area contributed by atoms with E-state index in [-0.39, 0.29) is 11.6 Å². The van der Waals surface area contributed by atoms with Crippen molar-refractivity contribution in [2.45, 2.75) is 0 Å². The molecule has 0 spiro atoms. The Bertz CT molecular complexity index is 920. The normalized spacial score (nSPS) is 15.4. The lowest BCUT2D eigenvalue weighted by atomic mass is 10.1. The molecule has 7 heteroatoms. The lowest BCUT2D eigenvalue weighted by Gasteiger charge is -2.09. The number of anilines is 1. The van der Waals surface area contributed by atoms with E-state index in [0.717, 1.165) is 0 Å². The quantitative estimate of drug-likeness (QED) is 0.657. The number of ether oxygens (including phenoxy) is 1. The van der Waals surface area contributed by atoms with Crippen molar-refractivity contribution in [3.8, 4) is 0 Å². The molecule has 2 aromatic rings. The Morgan fingerprint density at radius 1 is 1.12 bits per heavy atom. The molecule has 0 bridgehead atoms. The number of nitrogens with one attached hydrogen (secondary N) is 1. The second-order valence-electron chi connectivity index (χ2n) is 5.09. The summed E-state index contributed by atoms with van der Waals surface area (Å²) in [5, 5.41) is 14.8. The van der Waals surface area contributed by atoms with Crippen molar-refractivity contribution in [1.82, 2.24) is 0 Å². The average molecular weight is 375 g/mol. The third kappa shape index (κ3) is 3.68. The van der Waals surface area contributed by atoms with E-state index in [9.17, 15) is 14.7 Å². The average Bonchev–Trinajstić information content (AvgIpc) is 2.86. The number of carbonyl (C=O) groups excluding carboxylic acids is 2. The van der Waals surface area contributed by atoms with Crippen LogP contribution in [0.4, 0.5) is 5.69 Å². The molecule has 0 radical (unpaired) electrons. The van der Waals surface area contributed by atoms with Gasteiger partial charge in [-0.2, -0.15) is 0 Å². The van der Waals surface area contributed by atoms with Crippen LogP contribution in [0, 0.1) is 0 Å². The second kappa shape index (κ2) is 7.01. The van der Waals surface area contributed by atoms with Crippen LogP contribution >= 0.6 is 23.2 Å². The van der Waals surface area contributed by atoms with Crippen LogP contribution in [0.3, 0.4) is 0 Å². The molecule has 0 aliphatic carbocycles. The van der Waals surface area contributed by atoms with Crippen LogP contribution in [0.1, 0.15) is 5.56 Å². The van der Waals surface area contributed by atoms with E-state index >= 15 is 0 Å². The van der Waals surface area contributed by atoms with Gasteiger partial charge in [-0.1, -0.05) is 47.5 Å². The topological polar surface area (TPSA) is 78.5 Å². The Hall–Kier alpha value is -2.76. The van der Waals surface area contributed by atoms with Crippen LogP contribution in [-0.2, 0) is 14.3 Å². The van der Waals surface area contributed by atoms with Crippen LogP contribution < -0.4 is 10.4 Å². The molecular weight excluding hydrogens is 365 g/mol. The first-order valence-corrected chi connectivity index (χ1v) is 7.88. The van der Waals surface area contributed by atoms with Gasteiger partial charge in [-0.05, 0) is 35.9 Å². The smallest absolute Gasteiger partial charge is 0.235 e. The summed E-state index contributed by atoms with van der Waals surface area (Å²) in [6.45, 7) is 0. The predicted molar refractivity (Wildman–Crippen MR) is 92.6 cm³/mol. The first kappa shape index (κ1) is 17.1. The number of rotatable bonds is 4. The number of benzene rings is 2. The summed E-state index contributed by atoms with van der Waals surface area (Å²) in [5.41, 5.74) is 0.447. The standard InChI is InChI=1S/C18H11Cl2NO4/c19-11-7-6-10(13(20)9-11)8-14-16(22)15(18(23)24)17(25-14)21-12-4-2-1-3-5-12/h1-9,21H,(H,23,24)/p-1/b14-8-. The summed E-state index contributed by atoms with van der Waals surface area (Å²) in [5.74, 6) is -2.81. The van der Waals surface area contributed by atoms with Crippen LogP contribution in [-0.4, -0.2) is 11.8 Å². The molecule has 0 saturated carbocycles. The minimum Gasteiger partial charge on any atom is -0.544 e. The zero-order valence-corrected chi connectivity index (χ0v) is 14.1. The maximum absolute atomic E-state index is 12.3. The molecular formula is C18H10Cl2NO4-. The highest BCUT2D eigenvalue weighted by molar-refractivity contribution is 6.35. The molecule has 1 aliphatic rings. The van der Waals surface area contributed by atoms with Crippen LogP contribution in [0.5, 0.6) is 0 Å². The van der Waals surface area contributed by atoms with Gasteiger partial charge in [-0.25, -0.2) is 0 Å². The number of carboxylic acids is 1. The summed E-state index contributed by atoms with van der Waals surface area (Å²) >= 11 is 11.9. The Balaban J connectivity index is 1.95. The summed E-state index contributed by atoms with van der Waals surface area (Å²) in [4.78, 5) is 23.7. The van der Waals surface area contributed by atoms with Crippen molar-refractivity contribution in [3.05, 3.63) is 81.4 Å². The fourth-order valence-corrected chi connectivity index (χ4v) is 2.68. The molecule has 0 fully saturated rings. The summed E-state index contributed by atoms with van der Waals surface area (Å²) < 4.78 is 5.41. The van der Waals surface area contributed by atoms with E-state index in [1.165, 1.54) is 12.1 Å².